The van der Waals surface area contributed by atoms with Crippen LogP contribution in [0.2, 0.25) is 0 Å². The molecule has 0 heterocycles. The van der Waals surface area contributed by atoms with Crippen molar-refractivity contribution in [2.75, 3.05) is 0 Å². The summed E-state index contributed by atoms with van der Waals surface area (Å²) in [5.74, 6) is 0.0235. The van der Waals surface area contributed by atoms with Crippen LogP contribution in [0.25, 0.3) is 0 Å². The maximum Gasteiger partial charge on any atom is 0.223 e. The molecule has 0 aliphatic heterocycles. The van der Waals surface area contributed by atoms with Crippen molar-refractivity contribution >= 4 is 5.91 Å². The molecule has 1 fully saturated rings. The van der Waals surface area contributed by atoms with Gasteiger partial charge in [-0.25, -0.2) is 4.39 Å². The molecular formula is C16H22FNO. The summed E-state index contributed by atoms with van der Waals surface area (Å²) >= 11 is 0. The predicted octanol–water partition coefficient (Wildman–Crippen LogP) is 3.57. The zero-order chi connectivity index (χ0) is 13.9. The Morgan fingerprint density at radius 2 is 2.11 bits per heavy atom. The fourth-order valence-electron chi connectivity index (χ4n) is 2.60. The van der Waals surface area contributed by atoms with Crippen molar-refractivity contribution in [1.82, 2.24) is 5.32 Å². The van der Waals surface area contributed by atoms with Gasteiger partial charge in [0.25, 0.3) is 0 Å². The van der Waals surface area contributed by atoms with Gasteiger partial charge in [0.15, 0.2) is 5.67 Å². The maximum absolute atomic E-state index is 14.6. The summed E-state index contributed by atoms with van der Waals surface area (Å²) in [5, 5.41) is 2.86. The third kappa shape index (κ3) is 2.96. The number of benzene rings is 1. The lowest BCUT2D eigenvalue weighted by Crippen LogP contribution is -2.34. The minimum atomic E-state index is -1.36. The predicted molar refractivity (Wildman–Crippen MR) is 74.5 cm³/mol. The Labute approximate surface area is 114 Å². The van der Waals surface area contributed by atoms with E-state index in [2.05, 4.69) is 12.2 Å². The van der Waals surface area contributed by atoms with Crippen molar-refractivity contribution in [3.8, 4) is 0 Å². The van der Waals surface area contributed by atoms with Crippen LogP contribution in [-0.4, -0.2) is 11.9 Å². The molecule has 3 heteroatoms. The number of amides is 1. The van der Waals surface area contributed by atoms with Gasteiger partial charge in [0.1, 0.15) is 0 Å². The zero-order valence-electron chi connectivity index (χ0n) is 11.7. The topological polar surface area (TPSA) is 29.1 Å². The molecule has 2 nitrogen and oxygen atoms in total. The Hall–Kier alpha value is -1.38. The van der Waals surface area contributed by atoms with Crippen LogP contribution in [0.5, 0.6) is 0 Å². The van der Waals surface area contributed by atoms with Crippen LogP contribution < -0.4 is 5.32 Å². The first-order valence-electron chi connectivity index (χ1n) is 7.16. The molecule has 3 atom stereocenters. The van der Waals surface area contributed by atoms with Crippen molar-refractivity contribution in [2.24, 2.45) is 5.92 Å². The third-order valence-electron chi connectivity index (χ3n) is 3.96. The van der Waals surface area contributed by atoms with Crippen LogP contribution in [0.4, 0.5) is 4.39 Å². The molecule has 1 aliphatic rings. The Balaban J connectivity index is 1.94. The minimum absolute atomic E-state index is 0.00445. The molecule has 1 aromatic rings. The van der Waals surface area contributed by atoms with E-state index in [0.717, 1.165) is 19.3 Å². The average Bonchev–Trinajstić information content (AvgIpc) is 3.08. The summed E-state index contributed by atoms with van der Waals surface area (Å²) in [6, 6.07) is 8.76. The number of alkyl halides is 1. The second-order valence-corrected chi connectivity index (χ2v) is 5.39. The van der Waals surface area contributed by atoms with Crippen LogP contribution in [0.15, 0.2) is 30.3 Å². The molecule has 0 saturated heterocycles. The highest BCUT2D eigenvalue weighted by Gasteiger charge is 2.57. The van der Waals surface area contributed by atoms with Gasteiger partial charge in [0.05, 0.1) is 6.04 Å². The van der Waals surface area contributed by atoms with Crippen molar-refractivity contribution in [3.63, 3.8) is 0 Å². The molecule has 1 aromatic carbocycles. The van der Waals surface area contributed by atoms with Crippen LogP contribution in [-0.2, 0) is 10.5 Å². The van der Waals surface area contributed by atoms with E-state index in [1.807, 2.05) is 25.1 Å². The standard InChI is InChI=1S/C16H22FNO/c1-3-8-12(4-2)15(19)18-14-11-16(14,17)13-9-6-5-7-10-13/h5-7,9-10,12,14H,3-4,8,11H2,1-2H3,(H,18,19)/t12?,14-,16-/m1/s1. The fraction of sp³-hybridized carbons (Fsp3) is 0.562. The summed E-state index contributed by atoms with van der Waals surface area (Å²) in [7, 11) is 0. The van der Waals surface area contributed by atoms with E-state index in [4.69, 9.17) is 0 Å². The van der Waals surface area contributed by atoms with Crippen LogP contribution in [0.1, 0.15) is 45.1 Å². The fourth-order valence-corrected chi connectivity index (χ4v) is 2.60. The molecule has 1 amide bonds. The molecular weight excluding hydrogens is 241 g/mol. The van der Waals surface area contributed by atoms with Gasteiger partial charge < -0.3 is 5.32 Å². The molecule has 1 saturated carbocycles. The number of carbonyl (C=O) groups is 1. The van der Waals surface area contributed by atoms with E-state index in [1.165, 1.54) is 0 Å². The summed E-state index contributed by atoms with van der Waals surface area (Å²) < 4.78 is 14.6. The average molecular weight is 263 g/mol. The Kier molecular flexibility index (Phi) is 4.23. The highest BCUT2D eigenvalue weighted by molar-refractivity contribution is 5.79. The molecule has 2 rings (SSSR count). The second-order valence-electron chi connectivity index (χ2n) is 5.39. The smallest absolute Gasteiger partial charge is 0.223 e. The lowest BCUT2D eigenvalue weighted by atomic mass is 10.00. The Bertz CT molecular complexity index is 434. The van der Waals surface area contributed by atoms with Gasteiger partial charge in [-0.15, -0.1) is 0 Å². The van der Waals surface area contributed by atoms with E-state index in [9.17, 15) is 9.18 Å². The van der Waals surface area contributed by atoms with Crippen LogP contribution in [0, 0.1) is 5.92 Å². The van der Waals surface area contributed by atoms with Crippen molar-refractivity contribution in [2.45, 2.75) is 51.2 Å². The van der Waals surface area contributed by atoms with Gasteiger partial charge >= 0.3 is 0 Å². The van der Waals surface area contributed by atoms with Gasteiger partial charge in [-0.05, 0) is 18.4 Å². The molecule has 104 valence electrons. The first-order chi connectivity index (χ1) is 9.11. The summed E-state index contributed by atoms with van der Waals surface area (Å²) in [5.41, 5.74) is -0.689. The number of hydrogen-bond acceptors (Lipinski definition) is 1. The molecule has 0 bridgehead atoms. The van der Waals surface area contributed by atoms with Gasteiger partial charge in [-0.2, -0.15) is 0 Å². The van der Waals surface area contributed by atoms with E-state index in [1.54, 1.807) is 12.1 Å². The number of nitrogens with one attached hydrogen (secondary N) is 1. The summed E-state index contributed by atoms with van der Waals surface area (Å²) in [6.07, 6.45) is 3.07. The summed E-state index contributed by atoms with van der Waals surface area (Å²) in [4.78, 5) is 12.1. The zero-order valence-corrected chi connectivity index (χ0v) is 11.7. The van der Waals surface area contributed by atoms with E-state index >= 15 is 0 Å². The van der Waals surface area contributed by atoms with Crippen LogP contribution in [0.3, 0.4) is 0 Å². The van der Waals surface area contributed by atoms with Gasteiger partial charge in [0, 0.05) is 12.3 Å². The molecule has 0 radical (unpaired) electrons. The third-order valence-corrected chi connectivity index (χ3v) is 3.96. The number of hydrogen-bond donors (Lipinski definition) is 1. The van der Waals surface area contributed by atoms with Gasteiger partial charge in [0.2, 0.25) is 5.91 Å². The highest BCUT2D eigenvalue weighted by atomic mass is 19.1. The normalized spacial score (nSPS) is 26.8. The molecule has 19 heavy (non-hydrogen) atoms. The maximum atomic E-state index is 14.6. The van der Waals surface area contributed by atoms with E-state index in [-0.39, 0.29) is 17.9 Å². The minimum Gasteiger partial charge on any atom is -0.349 e. The van der Waals surface area contributed by atoms with Crippen molar-refractivity contribution < 1.29 is 9.18 Å². The quantitative estimate of drug-likeness (QED) is 0.835. The van der Waals surface area contributed by atoms with E-state index in [0.29, 0.717) is 12.0 Å². The molecule has 0 spiro atoms. The Morgan fingerprint density at radius 1 is 1.42 bits per heavy atom. The van der Waals surface area contributed by atoms with Crippen molar-refractivity contribution in [3.05, 3.63) is 35.9 Å². The van der Waals surface area contributed by atoms with Gasteiger partial charge in [-0.1, -0.05) is 50.6 Å². The highest BCUT2D eigenvalue weighted by Crippen LogP contribution is 2.49. The lowest BCUT2D eigenvalue weighted by molar-refractivity contribution is -0.125. The second kappa shape index (κ2) is 5.72. The van der Waals surface area contributed by atoms with E-state index < -0.39 is 5.67 Å². The first-order valence-corrected chi connectivity index (χ1v) is 7.16. The molecule has 1 N–H and O–H groups in total. The van der Waals surface area contributed by atoms with Gasteiger partial charge in [-0.3, -0.25) is 4.79 Å². The lowest BCUT2D eigenvalue weighted by Gasteiger charge is -2.15. The number of carbonyl (C=O) groups excluding carboxylic acids is 1. The van der Waals surface area contributed by atoms with Crippen LogP contribution >= 0.6 is 0 Å². The number of rotatable bonds is 6. The SMILES string of the molecule is CCCC(CC)C(=O)N[C@@H]1C[C@@]1(F)c1ccccc1. The number of halogens is 1. The largest absolute Gasteiger partial charge is 0.349 e. The van der Waals surface area contributed by atoms with Crippen molar-refractivity contribution in [1.29, 1.82) is 0 Å². The first kappa shape index (κ1) is 14.0. The monoisotopic (exact) mass is 263 g/mol. The summed E-state index contributed by atoms with van der Waals surface area (Å²) in [6.45, 7) is 4.07. The molecule has 1 unspecified atom stereocenters. The molecule has 0 aromatic heterocycles. The molecule has 1 aliphatic carbocycles. The Morgan fingerprint density at radius 3 is 2.68 bits per heavy atom.